The van der Waals surface area contributed by atoms with E-state index in [0.717, 1.165) is 13.1 Å². The number of amides is 1. The molecule has 3 atom stereocenters. The lowest BCUT2D eigenvalue weighted by Gasteiger charge is -2.20. The Morgan fingerprint density at radius 2 is 1.94 bits per heavy atom. The van der Waals surface area contributed by atoms with E-state index in [2.05, 4.69) is 10.2 Å². The van der Waals surface area contributed by atoms with Gasteiger partial charge in [0.15, 0.2) is 0 Å². The normalized spacial score (nSPS) is 29.5. The Kier molecular flexibility index (Phi) is 2.72. The van der Waals surface area contributed by atoms with Gasteiger partial charge in [0.05, 0.1) is 6.61 Å². The van der Waals surface area contributed by atoms with Crippen LogP contribution in [0.15, 0.2) is 12.7 Å². The first-order valence-corrected chi connectivity index (χ1v) is 6.42. The first-order valence-electron chi connectivity index (χ1n) is 6.42. The Labute approximate surface area is 106 Å². The quantitative estimate of drug-likeness (QED) is 0.808. The van der Waals surface area contributed by atoms with E-state index in [-0.39, 0.29) is 6.09 Å². The van der Waals surface area contributed by atoms with Crippen molar-refractivity contribution in [2.24, 2.45) is 17.8 Å². The molecule has 1 amide bonds. The van der Waals surface area contributed by atoms with Crippen molar-refractivity contribution < 1.29 is 9.53 Å². The Balaban J connectivity index is 1.50. The van der Waals surface area contributed by atoms with Crippen LogP contribution in [-0.2, 0) is 4.74 Å². The second-order valence-electron chi connectivity index (χ2n) is 5.60. The summed E-state index contributed by atoms with van der Waals surface area (Å²) >= 11 is 0. The SMILES string of the molecule is CC(C)COC(=O)N1C[C@@H]2C(n3cnnc3)[C@@H]2C1. The first-order chi connectivity index (χ1) is 8.66. The lowest BCUT2D eigenvalue weighted by molar-refractivity contribution is 0.0945. The zero-order valence-corrected chi connectivity index (χ0v) is 10.7. The molecule has 2 heterocycles. The van der Waals surface area contributed by atoms with E-state index in [1.807, 2.05) is 23.3 Å². The maximum Gasteiger partial charge on any atom is 0.409 e. The highest BCUT2D eigenvalue weighted by molar-refractivity contribution is 5.68. The summed E-state index contributed by atoms with van der Waals surface area (Å²) in [6.07, 6.45) is 3.34. The highest BCUT2D eigenvalue weighted by Gasteiger charge is 2.58. The number of piperidine rings is 1. The molecular weight excluding hydrogens is 232 g/mol. The van der Waals surface area contributed by atoms with Gasteiger partial charge in [0, 0.05) is 31.0 Å². The molecule has 1 saturated heterocycles. The number of carbonyl (C=O) groups is 1. The second-order valence-corrected chi connectivity index (χ2v) is 5.60. The first kappa shape index (κ1) is 11.5. The summed E-state index contributed by atoms with van der Waals surface area (Å²) in [5.74, 6) is 1.48. The van der Waals surface area contributed by atoms with Crippen LogP contribution in [0.5, 0.6) is 0 Å². The molecule has 6 nitrogen and oxygen atoms in total. The van der Waals surface area contributed by atoms with Crippen LogP contribution in [0.2, 0.25) is 0 Å². The molecule has 18 heavy (non-hydrogen) atoms. The van der Waals surface area contributed by atoms with Gasteiger partial charge in [-0.15, -0.1) is 10.2 Å². The van der Waals surface area contributed by atoms with E-state index >= 15 is 0 Å². The van der Waals surface area contributed by atoms with E-state index in [4.69, 9.17) is 4.74 Å². The Bertz CT molecular complexity index is 419. The van der Waals surface area contributed by atoms with Gasteiger partial charge in [-0.3, -0.25) is 0 Å². The summed E-state index contributed by atoms with van der Waals surface area (Å²) in [5, 5.41) is 7.64. The molecule has 1 aliphatic carbocycles. The van der Waals surface area contributed by atoms with Crippen LogP contribution in [-0.4, -0.2) is 45.5 Å². The smallest absolute Gasteiger partial charge is 0.409 e. The van der Waals surface area contributed by atoms with Crippen molar-refractivity contribution in [1.29, 1.82) is 0 Å². The van der Waals surface area contributed by atoms with Gasteiger partial charge < -0.3 is 14.2 Å². The topological polar surface area (TPSA) is 60.2 Å². The van der Waals surface area contributed by atoms with Crippen LogP contribution >= 0.6 is 0 Å². The largest absolute Gasteiger partial charge is 0.449 e. The van der Waals surface area contributed by atoms with Crippen LogP contribution in [0.3, 0.4) is 0 Å². The molecule has 1 aromatic rings. The van der Waals surface area contributed by atoms with Crippen molar-refractivity contribution in [3.05, 3.63) is 12.7 Å². The molecule has 3 rings (SSSR count). The number of nitrogens with zero attached hydrogens (tertiary/aromatic N) is 4. The number of rotatable bonds is 3. The molecule has 0 spiro atoms. The second kappa shape index (κ2) is 4.26. The van der Waals surface area contributed by atoms with Gasteiger partial charge >= 0.3 is 6.09 Å². The highest BCUT2D eigenvalue weighted by atomic mass is 16.6. The predicted octanol–water partition coefficient (Wildman–Crippen LogP) is 1.17. The van der Waals surface area contributed by atoms with Gasteiger partial charge in [-0.05, 0) is 5.92 Å². The lowest BCUT2D eigenvalue weighted by Crippen LogP contribution is -2.33. The molecule has 1 unspecified atom stereocenters. The van der Waals surface area contributed by atoms with E-state index in [0.29, 0.717) is 30.4 Å². The van der Waals surface area contributed by atoms with E-state index < -0.39 is 0 Å². The molecule has 98 valence electrons. The van der Waals surface area contributed by atoms with E-state index in [9.17, 15) is 4.79 Å². The van der Waals surface area contributed by atoms with Crippen LogP contribution in [0.25, 0.3) is 0 Å². The molecule has 0 N–H and O–H groups in total. The Morgan fingerprint density at radius 1 is 1.33 bits per heavy atom. The van der Waals surface area contributed by atoms with Crippen molar-refractivity contribution in [2.75, 3.05) is 19.7 Å². The third-order valence-electron chi connectivity index (χ3n) is 3.73. The van der Waals surface area contributed by atoms with Gasteiger partial charge in [0.2, 0.25) is 0 Å². The number of ether oxygens (including phenoxy) is 1. The van der Waals surface area contributed by atoms with Gasteiger partial charge in [-0.2, -0.15) is 0 Å². The summed E-state index contributed by atoms with van der Waals surface area (Å²) in [5.41, 5.74) is 0. The van der Waals surface area contributed by atoms with Crippen molar-refractivity contribution in [1.82, 2.24) is 19.7 Å². The molecule has 1 aliphatic heterocycles. The maximum atomic E-state index is 11.8. The van der Waals surface area contributed by atoms with E-state index in [1.54, 1.807) is 12.7 Å². The molecule has 2 aliphatic rings. The molecule has 1 aromatic heterocycles. The van der Waals surface area contributed by atoms with Gasteiger partial charge in [0.1, 0.15) is 12.7 Å². The molecule has 6 heteroatoms. The maximum absolute atomic E-state index is 11.8. The van der Waals surface area contributed by atoms with Crippen molar-refractivity contribution in [2.45, 2.75) is 19.9 Å². The Hall–Kier alpha value is -1.59. The number of carbonyl (C=O) groups excluding carboxylic acids is 1. The summed E-state index contributed by atoms with van der Waals surface area (Å²) < 4.78 is 7.29. The fourth-order valence-corrected chi connectivity index (χ4v) is 2.78. The monoisotopic (exact) mass is 250 g/mol. The average molecular weight is 250 g/mol. The van der Waals surface area contributed by atoms with Crippen molar-refractivity contribution in [3.8, 4) is 0 Å². The van der Waals surface area contributed by atoms with Gasteiger partial charge in [-0.25, -0.2) is 4.79 Å². The zero-order chi connectivity index (χ0) is 12.7. The number of fused-ring (bicyclic) bond motifs is 1. The number of aromatic nitrogens is 3. The van der Waals surface area contributed by atoms with E-state index in [1.165, 1.54) is 0 Å². The third kappa shape index (κ3) is 1.95. The number of hydrogen-bond donors (Lipinski definition) is 0. The standard InChI is InChI=1S/C12H18N4O2/c1-8(2)5-18-12(17)15-3-9-10(4-15)11(9)16-6-13-14-7-16/h6-11H,3-5H2,1-2H3/t9-,10+,11?. The van der Waals surface area contributed by atoms with Crippen molar-refractivity contribution in [3.63, 3.8) is 0 Å². The average Bonchev–Trinajstić information content (AvgIpc) is 2.82. The predicted molar refractivity (Wildman–Crippen MR) is 63.8 cm³/mol. The summed E-state index contributed by atoms with van der Waals surface area (Å²) in [7, 11) is 0. The van der Waals surface area contributed by atoms with Crippen LogP contribution < -0.4 is 0 Å². The van der Waals surface area contributed by atoms with Crippen LogP contribution in [0.4, 0.5) is 4.79 Å². The van der Waals surface area contributed by atoms with Gasteiger partial charge in [0.25, 0.3) is 0 Å². The summed E-state index contributed by atoms with van der Waals surface area (Å²) in [4.78, 5) is 13.6. The molecule has 0 radical (unpaired) electrons. The van der Waals surface area contributed by atoms with Crippen molar-refractivity contribution >= 4 is 6.09 Å². The molecule has 2 fully saturated rings. The fourth-order valence-electron chi connectivity index (χ4n) is 2.78. The van der Waals surface area contributed by atoms with Gasteiger partial charge in [-0.1, -0.05) is 13.8 Å². The highest BCUT2D eigenvalue weighted by Crippen LogP contribution is 2.55. The molecule has 0 bridgehead atoms. The summed E-state index contributed by atoms with van der Waals surface area (Å²) in [6, 6.07) is 0.481. The number of hydrogen-bond acceptors (Lipinski definition) is 4. The fraction of sp³-hybridized carbons (Fsp3) is 0.750. The summed E-state index contributed by atoms with van der Waals surface area (Å²) in [6.45, 7) is 6.17. The molecule has 0 aromatic carbocycles. The number of likely N-dealkylation sites (tertiary alicyclic amines) is 1. The van der Waals surface area contributed by atoms with Crippen LogP contribution in [0, 0.1) is 17.8 Å². The molecular formula is C12H18N4O2. The minimum Gasteiger partial charge on any atom is -0.449 e. The minimum absolute atomic E-state index is 0.168. The Morgan fingerprint density at radius 3 is 2.50 bits per heavy atom. The third-order valence-corrected chi connectivity index (χ3v) is 3.73. The van der Waals surface area contributed by atoms with Crippen LogP contribution in [0.1, 0.15) is 19.9 Å². The molecule has 1 saturated carbocycles. The lowest BCUT2D eigenvalue weighted by atomic mass is 10.2. The zero-order valence-electron chi connectivity index (χ0n) is 10.7. The minimum atomic E-state index is -0.168.